The Morgan fingerprint density at radius 1 is 1.37 bits per heavy atom. The van der Waals surface area contributed by atoms with Crippen molar-refractivity contribution in [3.8, 4) is 0 Å². The van der Waals surface area contributed by atoms with Gasteiger partial charge in [0.05, 0.1) is 11.3 Å². The van der Waals surface area contributed by atoms with Gasteiger partial charge in [0.2, 0.25) is 0 Å². The van der Waals surface area contributed by atoms with Gasteiger partial charge in [0, 0.05) is 21.9 Å². The summed E-state index contributed by atoms with van der Waals surface area (Å²) in [6.45, 7) is 4.11. The van der Waals surface area contributed by atoms with Gasteiger partial charge in [-0.1, -0.05) is 38.5 Å². The fourth-order valence-corrected chi connectivity index (χ4v) is 3.35. The van der Waals surface area contributed by atoms with Crippen LogP contribution in [0.2, 0.25) is 0 Å². The predicted octanol–water partition coefficient (Wildman–Crippen LogP) is 3.41. The number of Topliss-reactive ketones (excluding diaryl/α,β-unsaturated/α-hetero) is 1. The minimum absolute atomic E-state index is 0.0772. The maximum atomic E-state index is 12.1. The van der Waals surface area contributed by atoms with Gasteiger partial charge in [0.25, 0.3) is 0 Å². The Morgan fingerprint density at radius 2 is 2.11 bits per heavy atom. The largest absolute Gasteiger partial charge is 0.464 e. The van der Waals surface area contributed by atoms with E-state index >= 15 is 0 Å². The molecule has 0 aliphatic heterocycles. The number of furan rings is 1. The van der Waals surface area contributed by atoms with Gasteiger partial charge in [-0.05, 0) is 12.0 Å². The number of hydrogen-bond acceptors (Lipinski definition) is 3. The third kappa shape index (κ3) is 3.32. The summed E-state index contributed by atoms with van der Waals surface area (Å²) in [5.41, 5.74) is 1.23. The van der Waals surface area contributed by atoms with E-state index in [2.05, 4.69) is 13.8 Å². The fourth-order valence-electron chi connectivity index (χ4n) is 1.91. The van der Waals surface area contributed by atoms with Crippen molar-refractivity contribution in [1.82, 2.24) is 0 Å². The zero-order chi connectivity index (χ0) is 13.8. The Morgan fingerprint density at radius 3 is 2.84 bits per heavy atom. The maximum Gasteiger partial charge on any atom is 0.179 e. The molecule has 0 N–H and O–H groups in total. The average Bonchev–Trinajstić information content (AvgIpc) is 2.82. The molecule has 0 fully saturated rings. The maximum absolute atomic E-state index is 12.1. The number of benzene rings is 1. The van der Waals surface area contributed by atoms with Crippen molar-refractivity contribution in [1.29, 1.82) is 0 Å². The molecule has 0 radical (unpaired) electrons. The number of carbonyl (C=O) groups is 1. The fraction of sp³-hybridized carbons (Fsp3) is 0.400. The molecule has 2 aromatic rings. The zero-order valence-corrected chi connectivity index (χ0v) is 12.0. The first-order valence-corrected chi connectivity index (χ1v) is 7.95. The quantitative estimate of drug-likeness (QED) is 0.761. The van der Waals surface area contributed by atoms with Crippen molar-refractivity contribution < 1.29 is 13.4 Å². The highest BCUT2D eigenvalue weighted by molar-refractivity contribution is 7.85. The van der Waals surface area contributed by atoms with Crippen LogP contribution in [0.15, 0.2) is 34.9 Å². The van der Waals surface area contributed by atoms with Crippen molar-refractivity contribution >= 4 is 27.6 Å². The van der Waals surface area contributed by atoms with E-state index in [0.717, 1.165) is 11.8 Å². The first-order chi connectivity index (χ1) is 9.11. The van der Waals surface area contributed by atoms with Crippen LogP contribution in [0.25, 0.3) is 11.0 Å². The molecule has 2 rings (SSSR count). The average molecular weight is 278 g/mol. The van der Waals surface area contributed by atoms with Crippen LogP contribution in [-0.4, -0.2) is 21.5 Å². The molecule has 1 heterocycles. The monoisotopic (exact) mass is 278 g/mol. The van der Waals surface area contributed by atoms with Gasteiger partial charge in [-0.2, -0.15) is 0 Å². The van der Waals surface area contributed by atoms with E-state index in [1.807, 2.05) is 24.3 Å². The summed E-state index contributed by atoms with van der Waals surface area (Å²) in [5.74, 6) is 0.938. The topological polar surface area (TPSA) is 47.3 Å². The first-order valence-electron chi connectivity index (χ1n) is 6.46. The lowest BCUT2D eigenvalue weighted by atomic mass is 10.1. The van der Waals surface area contributed by atoms with Crippen LogP contribution < -0.4 is 0 Å². The number of rotatable bonds is 6. The molecule has 2 atom stereocenters. The van der Waals surface area contributed by atoms with Gasteiger partial charge >= 0.3 is 0 Å². The molecule has 0 amide bonds. The molecule has 0 aliphatic carbocycles. The van der Waals surface area contributed by atoms with Gasteiger partial charge in [-0.3, -0.25) is 9.00 Å². The summed E-state index contributed by atoms with van der Waals surface area (Å²) in [7, 11) is -1.10. The molecular weight excluding hydrogens is 260 g/mol. The van der Waals surface area contributed by atoms with Crippen LogP contribution in [0.1, 0.15) is 30.6 Å². The minimum Gasteiger partial charge on any atom is -0.464 e. The Bertz CT molecular complexity index is 600. The summed E-state index contributed by atoms with van der Waals surface area (Å²) >= 11 is 0. The molecule has 1 aromatic carbocycles. The molecule has 0 saturated carbocycles. The van der Waals surface area contributed by atoms with E-state index in [4.69, 9.17) is 4.42 Å². The second-order valence-corrected chi connectivity index (χ2v) is 6.33. The van der Waals surface area contributed by atoms with Gasteiger partial charge in [-0.25, -0.2) is 0 Å². The molecule has 19 heavy (non-hydrogen) atoms. The van der Waals surface area contributed by atoms with Crippen molar-refractivity contribution in [3.63, 3.8) is 0 Å². The second kappa shape index (κ2) is 6.15. The summed E-state index contributed by atoms with van der Waals surface area (Å²) in [5, 5.41) is 0.799. The molecule has 4 heteroatoms. The minimum atomic E-state index is -1.10. The van der Waals surface area contributed by atoms with E-state index in [1.54, 1.807) is 0 Å². The Kier molecular flexibility index (Phi) is 4.53. The third-order valence-electron chi connectivity index (χ3n) is 3.24. The molecule has 2 unspecified atom stereocenters. The van der Waals surface area contributed by atoms with E-state index in [1.165, 1.54) is 6.26 Å². The lowest BCUT2D eigenvalue weighted by molar-refractivity contribution is 0.102. The van der Waals surface area contributed by atoms with Crippen molar-refractivity contribution in [2.75, 3.05) is 11.5 Å². The molecule has 0 saturated heterocycles. The summed E-state index contributed by atoms with van der Waals surface area (Å²) in [4.78, 5) is 12.1. The number of para-hydroxylation sites is 1. The lowest BCUT2D eigenvalue weighted by Crippen LogP contribution is -2.16. The van der Waals surface area contributed by atoms with E-state index in [-0.39, 0.29) is 11.5 Å². The molecule has 0 aliphatic rings. The molecule has 1 aromatic heterocycles. The summed E-state index contributed by atoms with van der Waals surface area (Å²) in [6.07, 6.45) is 2.45. The summed E-state index contributed by atoms with van der Waals surface area (Å²) in [6, 6.07) is 7.40. The molecule has 0 bridgehead atoms. The van der Waals surface area contributed by atoms with Crippen LogP contribution in [-0.2, 0) is 10.8 Å². The highest BCUT2D eigenvalue weighted by atomic mass is 32.2. The Hall–Kier alpha value is -1.42. The van der Waals surface area contributed by atoms with Gasteiger partial charge < -0.3 is 4.42 Å². The van der Waals surface area contributed by atoms with Crippen LogP contribution in [0.4, 0.5) is 0 Å². The highest BCUT2D eigenvalue weighted by Crippen LogP contribution is 2.21. The standard InChI is InChI=1S/C15H18O3S/c1-3-11(2)9-19(17)10-14(16)13-8-18-15-7-5-4-6-12(13)15/h4-8,11H,3,9-10H2,1-2H3. The smallest absolute Gasteiger partial charge is 0.179 e. The number of carbonyl (C=O) groups excluding carboxylic acids is 1. The zero-order valence-electron chi connectivity index (χ0n) is 11.2. The van der Waals surface area contributed by atoms with Crippen molar-refractivity contribution in [2.24, 2.45) is 5.92 Å². The molecule has 0 spiro atoms. The second-order valence-electron chi connectivity index (χ2n) is 4.83. The summed E-state index contributed by atoms with van der Waals surface area (Å²) < 4.78 is 17.2. The van der Waals surface area contributed by atoms with Gasteiger partial charge in [-0.15, -0.1) is 0 Å². The first kappa shape index (κ1) is 14.0. The van der Waals surface area contributed by atoms with Crippen LogP contribution >= 0.6 is 0 Å². The number of fused-ring (bicyclic) bond motifs is 1. The van der Waals surface area contributed by atoms with Crippen LogP contribution in [0, 0.1) is 5.92 Å². The van der Waals surface area contributed by atoms with Gasteiger partial charge in [0.15, 0.2) is 5.78 Å². The number of hydrogen-bond donors (Lipinski definition) is 0. The lowest BCUT2D eigenvalue weighted by Gasteiger charge is -2.06. The van der Waals surface area contributed by atoms with E-state index in [9.17, 15) is 9.00 Å². The van der Waals surface area contributed by atoms with Crippen LogP contribution in [0.5, 0.6) is 0 Å². The van der Waals surface area contributed by atoms with E-state index < -0.39 is 10.8 Å². The third-order valence-corrected chi connectivity index (χ3v) is 4.77. The van der Waals surface area contributed by atoms with Crippen molar-refractivity contribution in [3.05, 3.63) is 36.1 Å². The molecule has 102 valence electrons. The van der Waals surface area contributed by atoms with E-state index in [0.29, 0.717) is 22.8 Å². The number of ketones is 1. The normalized spacial score (nSPS) is 14.4. The van der Waals surface area contributed by atoms with Crippen molar-refractivity contribution in [2.45, 2.75) is 20.3 Å². The Balaban J connectivity index is 2.10. The highest BCUT2D eigenvalue weighted by Gasteiger charge is 2.17. The SMILES string of the molecule is CCC(C)CS(=O)CC(=O)c1coc2ccccc12. The molecular formula is C15H18O3S. The van der Waals surface area contributed by atoms with Gasteiger partial charge in [0.1, 0.15) is 11.8 Å². The predicted molar refractivity (Wildman–Crippen MR) is 77.9 cm³/mol. The van der Waals surface area contributed by atoms with Crippen LogP contribution in [0.3, 0.4) is 0 Å². The Labute approximate surface area is 115 Å². The molecule has 3 nitrogen and oxygen atoms in total.